The van der Waals surface area contributed by atoms with Crippen molar-refractivity contribution >= 4 is 5.97 Å². The molecule has 18 heavy (non-hydrogen) atoms. The second-order valence-electron chi connectivity index (χ2n) is 5.45. The van der Waals surface area contributed by atoms with Crippen molar-refractivity contribution in [1.29, 1.82) is 0 Å². The Kier molecular flexibility index (Phi) is 3.73. The number of aromatic amines is 1. The maximum atomic E-state index is 11.9. The Bertz CT molecular complexity index is 437. The van der Waals surface area contributed by atoms with Crippen LogP contribution >= 0.6 is 0 Å². The highest BCUT2D eigenvalue weighted by Crippen LogP contribution is 2.42. The zero-order chi connectivity index (χ0) is 13.3. The number of fused-ring (bicyclic) bond motifs is 1. The summed E-state index contributed by atoms with van der Waals surface area (Å²) in [7, 11) is 0. The van der Waals surface area contributed by atoms with Crippen LogP contribution in [0.2, 0.25) is 0 Å². The average Bonchev–Trinajstić information content (AvgIpc) is 2.74. The van der Waals surface area contributed by atoms with Gasteiger partial charge in [0.05, 0.1) is 6.61 Å². The molecular formula is C14H22N2O2. The second kappa shape index (κ2) is 5.12. The number of rotatable bonds is 3. The van der Waals surface area contributed by atoms with Gasteiger partial charge in [-0.1, -0.05) is 20.8 Å². The van der Waals surface area contributed by atoms with E-state index in [9.17, 15) is 4.79 Å². The molecule has 1 aliphatic carbocycles. The van der Waals surface area contributed by atoms with E-state index in [0.29, 0.717) is 30.1 Å². The van der Waals surface area contributed by atoms with Gasteiger partial charge in [0.2, 0.25) is 0 Å². The molecule has 0 bridgehead atoms. The highest BCUT2D eigenvalue weighted by Gasteiger charge is 2.33. The largest absolute Gasteiger partial charge is 0.461 e. The number of H-pyrrole nitrogens is 1. The van der Waals surface area contributed by atoms with Crippen LogP contribution in [0.3, 0.4) is 0 Å². The van der Waals surface area contributed by atoms with E-state index in [4.69, 9.17) is 4.74 Å². The molecule has 2 rings (SSSR count). The minimum atomic E-state index is -0.300. The first-order valence-corrected chi connectivity index (χ1v) is 6.81. The van der Waals surface area contributed by atoms with Crippen molar-refractivity contribution in [1.82, 2.24) is 10.2 Å². The van der Waals surface area contributed by atoms with Crippen LogP contribution in [0.1, 0.15) is 74.1 Å². The minimum Gasteiger partial charge on any atom is -0.461 e. The molecule has 0 aliphatic heterocycles. The Balaban J connectivity index is 2.39. The fourth-order valence-electron chi connectivity index (χ4n) is 2.89. The fraction of sp³-hybridized carbons (Fsp3) is 0.714. The lowest BCUT2D eigenvalue weighted by Gasteiger charge is -2.29. The first kappa shape index (κ1) is 13.1. The molecule has 0 radical (unpaired) electrons. The van der Waals surface area contributed by atoms with Crippen molar-refractivity contribution in [2.45, 2.75) is 52.4 Å². The third-order valence-electron chi connectivity index (χ3n) is 3.88. The average molecular weight is 250 g/mol. The van der Waals surface area contributed by atoms with Gasteiger partial charge in [0.25, 0.3) is 0 Å². The Hall–Kier alpha value is -1.32. The van der Waals surface area contributed by atoms with Gasteiger partial charge in [0.1, 0.15) is 0 Å². The summed E-state index contributed by atoms with van der Waals surface area (Å²) in [5.41, 5.74) is 2.72. The molecular weight excluding hydrogens is 228 g/mol. The molecule has 0 spiro atoms. The molecule has 1 N–H and O–H groups in total. The van der Waals surface area contributed by atoms with Crippen molar-refractivity contribution in [3.63, 3.8) is 0 Å². The van der Waals surface area contributed by atoms with Crippen LogP contribution in [-0.2, 0) is 4.74 Å². The molecule has 1 aromatic heterocycles. The topological polar surface area (TPSA) is 55.0 Å². The highest BCUT2D eigenvalue weighted by atomic mass is 16.5. The predicted molar refractivity (Wildman–Crippen MR) is 69.8 cm³/mol. The zero-order valence-electron chi connectivity index (χ0n) is 11.6. The number of hydrogen-bond donors (Lipinski definition) is 1. The molecule has 1 aromatic rings. The molecule has 0 aromatic carbocycles. The van der Waals surface area contributed by atoms with E-state index in [2.05, 4.69) is 31.0 Å². The number of esters is 1. The van der Waals surface area contributed by atoms with Crippen LogP contribution in [0.25, 0.3) is 0 Å². The zero-order valence-corrected chi connectivity index (χ0v) is 11.6. The third-order valence-corrected chi connectivity index (χ3v) is 3.88. The number of hydrogen-bond acceptors (Lipinski definition) is 3. The van der Waals surface area contributed by atoms with Crippen LogP contribution in [0.5, 0.6) is 0 Å². The smallest absolute Gasteiger partial charge is 0.359 e. The van der Waals surface area contributed by atoms with Gasteiger partial charge in [-0.05, 0) is 31.6 Å². The Morgan fingerprint density at radius 1 is 1.50 bits per heavy atom. The summed E-state index contributed by atoms with van der Waals surface area (Å²) in [6.07, 6.45) is 2.28. The van der Waals surface area contributed by atoms with Crippen molar-refractivity contribution in [2.75, 3.05) is 6.61 Å². The number of carbonyl (C=O) groups excluding carboxylic acids is 1. The maximum absolute atomic E-state index is 11.9. The Morgan fingerprint density at radius 3 is 2.83 bits per heavy atom. The van der Waals surface area contributed by atoms with Gasteiger partial charge in [-0.3, -0.25) is 5.10 Å². The quantitative estimate of drug-likeness (QED) is 0.838. The molecule has 2 atom stereocenters. The van der Waals surface area contributed by atoms with Gasteiger partial charge >= 0.3 is 5.97 Å². The predicted octanol–water partition coefficient (Wildman–Crippen LogP) is 3.22. The molecule has 0 unspecified atom stereocenters. The van der Waals surface area contributed by atoms with Crippen molar-refractivity contribution in [3.05, 3.63) is 17.0 Å². The van der Waals surface area contributed by atoms with Crippen molar-refractivity contribution in [2.24, 2.45) is 5.92 Å². The van der Waals surface area contributed by atoms with Gasteiger partial charge in [-0.25, -0.2) is 4.79 Å². The summed E-state index contributed by atoms with van der Waals surface area (Å²) >= 11 is 0. The molecule has 100 valence electrons. The summed E-state index contributed by atoms with van der Waals surface area (Å²) in [6.45, 7) is 8.80. The van der Waals surface area contributed by atoms with E-state index in [1.54, 1.807) is 0 Å². The van der Waals surface area contributed by atoms with Crippen LogP contribution in [0.15, 0.2) is 0 Å². The van der Waals surface area contributed by atoms with Gasteiger partial charge in [0.15, 0.2) is 5.69 Å². The molecule has 0 saturated carbocycles. The summed E-state index contributed by atoms with van der Waals surface area (Å²) in [6, 6.07) is 0. The van der Waals surface area contributed by atoms with Gasteiger partial charge < -0.3 is 4.74 Å². The van der Waals surface area contributed by atoms with Crippen LogP contribution in [0.4, 0.5) is 0 Å². The van der Waals surface area contributed by atoms with E-state index < -0.39 is 0 Å². The fourth-order valence-corrected chi connectivity index (χ4v) is 2.89. The molecule has 1 aliphatic rings. The monoisotopic (exact) mass is 250 g/mol. The molecule has 0 fully saturated rings. The van der Waals surface area contributed by atoms with Gasteiger partial charge in [-0.15, -0.1) is 0 Å². The normalized spacial score (nSPS) is 22.9. The van der Waals surface area contributed by atoms with Crippen molar-refractivity contribution < 1.29 is 9.53 Å². The molecule has 1 heterocycles. The number of carbonyl (C=O) groups is 1. The molecule has 0 saturated heterocycles. The molecule has 4 heteroatoms. The second-order valence-corrected chi connectivity index (χ2v) is 5.45. The van der Waals surface area contributed by atoms with Crippen LogP contribution in [-0.4, -0.2) is 22.8 Å². The summed E-state index contributed by atoms with van der Waals surface area (Å²) < 4.78 is 5.07. The van der Waals surface area contributed by atoms with E-state index in [0.717, 1.165) is 24.1 Å². The minimum absolute atomic E-state index is 0.300. The van der Waals surface area contributed by atoms with E-state index in [1.165, 1.54) is 0 Å². The number of nitrogens with one attached hydrogen (secondary N) is 1. The van der Waals surface area contributed by atoms with Gasteiger partial charge in [-0.2, -0.15) is 5.10 Å². The van der Waals surface area contributed by atoms with E-state index in [1.807, 2.05) is 6.92 Å². The molecule has 4 nitrogen and oxygen atoms in total. The SMILES string of the molecule is CCOC(=O)c1n[nH]c2c1[C@H](C)CC[C@@H]2C(C)C. The summed E-state index contributed by atoms with van der Waals surface area (Å²) in [5.74, 6) is 1.12. The molecule has 0 amide bonds. The highest BCUT2D eigenvalue weighted by molar-refractivity contribution is 5.89. The van der Waals surface area contributed by atoms with E-state index >= 15 is 0 Å². The summed E-state index contributed by atoms with van der Waals surface area (Å²) in [5, 5.41) is 7.28. The lowest BCUT2D eigenvalue weighted by atomic mass is 9.76. The van der Waals surface area contributed by atoms with E-state index in [-0.39, 0.29) is 5.97 Å². The first-order chi connectivity index (χ1) is 8.56. The number of aromatic nitrogens is 2. The lowest BCUT2D eigenvalue weighted by Crippen LogP contribution is -2.18. The lowest BCUT2D eigenvalue weighted by molar-refractivity contribution is 0.0517. The van der Waals surface area contributed by atoms with Crippen LogP contribution < -0.4 is 0 Å². The Morgan fingerprint density at radius 2 is 2.22 bits per heavy atom. The third kappa shape index (κ3) is 2.16. The standard InChI is InChI=1S/C14H22N2O2/c1-5-18-14(17)13-11-9(4)6-7-10(8(2)3)12(11)15-16-13/h8-10H,5-7H2,1-4H3,(H,15,16)/t9-,10-/m1/s1. The number of ether oxygens (including phenoxy) is 1. The summed E-state index contributed by atoms with van der Waals surface area (Å²) in [4.78, 5) is 11.9. The van der Waals surface area contributed by atoms with Crippen LogP contribution in [0, 0.1) is 5.92 Å². The maximum Gasteiger partial charge on any atom is 0.359 e. The Labute approximate surface area is 108 Å². The van der Waals surface area contributed by atoms with Gasteiger partial charge in [0, 0.05) is 17.2 Å². The number of nitrogens with zero attached hydrogens (tertiary/aromatic N) is 1. The van der Waals surface area contributed by atoms with Crippen molar-refractivity contribution in [3.8, 4) is 0 Å². The first-order valence-electron chi connectivity index (χ1n) is 6.81.